The molecule has 0 saturated heterocycles. The minimum atomic E-state index is -1.63. The fourth-order valence-electron chi connectivity index (χ4n) is 3.66. The van der Waals surface area contributed by atoms with Gasteiger partial charge in [0.1, 0.15) is 18.7 Å². The summed E-state index contributed by atoms with van der Waals surface area (Å²) in [6, 6.07) is 19.0. The van der Waals surface area contributed by atoms with Crippen molar-refractivity contribution in [2.45, 2.75) is 50.5 Å². The van der Waals surface area contributed by atoms with Crippen LogP contribution in [0.1, 0.15) is 42.0 Å². The highest BCUT2D eigenvalue weighted by Gasteiger charge is 2.25. The van der Waals surface area contributed by atoms with Gasteiger partial charge in [0.2, 0.25) is 5.91 Å². The highest BCUT2D eigenvalue weighted by Crippen LogP contribution is 2.11. The number of amides is 1. The molecular weight excluding hydrogens is 441 g/mol. The van der Waals surface area contributed by atoms with Crippen LogP contribution in [-0.2, 0) is 24.1 Å². The summed E-state index contributed by atoms with van der Waals surface area (Å²) < 4.78 is 1.43. The van der Waals surface area contributed by atoms with E-state index in [0.29, 0.717) is 25.7 Å². The van der Waals surface area contributed by atoms with E-state index in [4.69, 9.17) is 0 Å². The number of hydrogen-bond donors (Lipinski definition) is 3. The number of hydrogen-bond acceptors (Lipinski definition) is 6. The van der Waals surface area contributed by atoms with Gasteiger partial charge in [-0.25, -0.2) is 9.67 Å². The lowest BCUT2D eigenvalue weighted by molar-refractivity contribution is -0.121. The lowest BCUT2D eigenvalue weighted by Gasteiger charge is -2.18. The standard InChI is InChI=1S/C26H28BN5O3/c28-18-24(32-20-29-19-30-32)14-5-4-10-21-11-6-12-22(16-21)13-7-15-26(33)31-25(27(34)35)17-23-8-2-1-3-9-23/h1-3,6,8-9,11-12,16,19-20,24-25,34-35H,4,7,10,13,15,17H2,(H,31,33)/t24?,25-/m0/s1. The first-order chi connectivity index (χ1) is 17.0. The molecule has 9 heteroatoms. The molecule has 0 radical (unpaired) electrons. The molecule has 3 aromatic rings. The van der Waals surface area contributed by atoms with Gasteiger partial charge >= 0.3 is 7.12 Å². The molecule has 178 valence electrons. The van der Waals surface area contributed by atoms with Gasteiger partial charge in [0.05, 0.1) is 5.94 Å². The summed E-state index contributed by atoms with van der Waals surface area (Å²) in [5.41, 5.74) is 3.19. The molecule has 3 N–H and O–H groups in total. The molecule has 1 amide bonds. The van der Waals surface area contributed by atoms with Crippen LogP contribution in [0, 0.1) is 23.2 Å². The summed E-state index contributed by atoms with van der Waals surface area (Å²) in [7, 11) is -1.63. The van der Waals surface area contributed by atoms with Crippen molar-refractivity contribution < 1.29 is 14.8 Å². The third-order valence-electron chi connectivity index (χ3n) is 5.47. The third-order valence-corrected chi connectivity index (χ3v) is 5.47. The van der Waals surface area contributed by atoms with Crippen molar-refractivity contribution in [1.82, 2.24) is 20.1 Å². The highest BCUT2D eigenvalue weighted by molar-refractivity contribution is 6.43. The van der Waals surface area contributed by atoms with E-state index in [0.717, 1.165) is 29.5 Å². The van der Waals surface area contributed by atoms with Crippen molar-refractivity contribution in [3.8, 4) is 17.9 Å². The summed E-state index contributed by atoms with van der Waals surface area (Å²) in [5.74, 6) is 5.00. The SMILES string of the molecule is N#CC(C#CCCc1cccc(CCCC(=O)N[C@@H](Cc2ccccc2)B(O)O)c1)n1cncn1. The quantitative estimate of drug-likeness (QED) is 0.292. The van der Waals surface area contributed by atoms with Gasteiger partial charge in [0, 0.05) is 12.8 Å². The number of carbonyl (C=O) groups is 1. The van der Waals surface area contributed by atoms with Crippen molar-refractivity contribution in [1.29, 1.82) is 5.26 Å². The maximum atomic E-state index is 12.4. The van der Waals surface area contributed by atoms with Crippen LogP contribution in [0.4, 0.5) is 0 Å². The lowest BCUT2D eigenvalue weighted by Crippen LogP contribution is -2.47. The maximum Gasteiger partial charge on any atom is 0.475 e. The second-order valence-electron chi connectivity index (χ2n) is 8.18. The van der Waals surface area contributed by atoms with Crippen LogP contribution < -0.4 is 5.32 Å². The minimum absolute atomic E-state index is 0.204. The molecular formula is C26H28BN5O3. The topological polar surface area (TPSA) is 124 Å². The number of aromatic nitrogens is 3. The molecule has 35 heavy (non-hydrogen) atoms. The van der Waals surface area contributed by atoms with Gasteiger partial charge in [-0.05, 0) is 42.4 Å². The molecule has 1 heterocycles. The van der Waals surface area contributed by atoms with Gasteiger partial charge in [-0.2, -0.15) is 10.4 Å². The summed E-state index contributed by atoms with van der Waals surface area (Å²) in [4.78, 5) is 16.2. The second kappa shape index (κ2) is 13.7. The number of nitrogens with one attached hydrogen (secondary N) is 1. The molecule has 2 atom stereocenters. The van der Waals surface area contributed by atoms with E-state index < -0.39 is 19.1 Å². The third kappa shape index (κ3) is 8.75. The van der Waals surface area contributed by atoms with Crippen LogP contribution >= 0.6 is 0 Å². The number of benzene rings is 2. The molecule has 0 fully saturated rings. The Morgan fingerprint density at radius 1 is 1.09 bits per heavy atom. The van der Waals surface area contributed by atoms with Crippen molar-refractivity contribution in [2.24, 2.45) is 0 Å². The fraction of sp³-hybridized carbons (Fsp3) is 0.308. The Kier molecular flexibility index (Phi) is 10.1. The fourth-order valence-corrected chi connectivity index (χ4v) is 3.66. The van der Waals surface area contributed by atoms with Crippen molar-refractivity contribution in [3.05, 3.63) is 83.9 Å². The van der Waals surface area contributed by atoms with Crippen LogP contribution in [-0.4, -0.2) is 43.8 Å². The Morgan fingerprint density at radius 3 is 2.51 bits per heavy atom. The van der Waals surface area contributed by atoms with E-state index in [1.807, 2.05) is 48.5 Å². The molecule has 0 aliphatic heterocycles. The van der Waals surface area contributed by atoms with E-state index >= 15 is 0 Å². The number of carbonyl (C=O) groups excluding carboxylic acids is 1. The van der Waals surface area contributed by atoms with E-state index in [9.17, 15) is 20.1 Å². The Balaban J connectivity index is 1.43. The minimum Gasteiger partial charge on any atom is -0.426 e. The zero-order chi connectivity index (χ0) is 24.9. The van der Waals surface area contributed by atoms with Crippen molar-refractivity contribution in [3.63, 3.8) is 0 Å². The van der Waals surface area contributed by atoms with E-state index in [1.54, 1.807) is 0 Å². The molecule has 8 nitrogen and oxygen atoms in total. The zero-order valence-electron chi connectivity index (χ0n) is 19.4. The normalized spacial score (nSPS) is 12.0. The first-order valence-corrected chi connectivity index (χ1v) is 11.5. The van der Waals surface area contributed by atoms with Gasteiger partial charge < -0.3 is 15.4 Å². The predicted octanol–water partition coefficient (Wildman–Crippen LogP) is 2.04. The van der Waals surface area contributed by atoms with E-state index in [1.165, 1.54) is 17.3 Å². The zero-order valence-corrected chi connectivity index (χ0v) is 19.4. The lowest BCUT2D eigenvalue weighted by atomic mass is 9.76. The largest absolute Gasteiger partial charge is 0.475 e. The Hall–Kier alpha value is -3.92. The van der Waals surface area contributed by atoms with Crippen LogP contribution in [0.25, 0.3) is 0 Å². The summed E-state index contributed by atoms with van der Waals surface area (Å²) in [6.07, 6.45) is 6.26. The van der Waals surface area contributed by atoms with Crippen LogP contribution in [0.5, 0.6) is 0 Å². The van der Waals surface area contributed by atoms with Gasteiger partial charge in [-0.15, -0.1) is 0 Å². The summed E-state index contributed by atoms with van der Waals surface area (Å²) >= 11 is 0. The molecule has 2 aromatic carbocycles. The first-order valence-electron chi connectivity index (χ1n) is 11.5. The molecule has 0 aliphatic rings. The number of nitriles is 1. The number of aryl methyl sites for hydroxylation is 2. The van der Waals surface area contributed by atoms with Crippen LogP contribution in [0.2, 0.25) is 0 Å². The van der Waals surface area contributed by atoms with Crippen LogP contribution in [0.3, 0.4) is 0 Å². The maximum absolute atomic E-state index is 12.4. The molecule has 0 spiro atoms. The number of rotatable bonds is 11. The summed E-state index contributed by atoms with van der Waals surface area (Å²) in [6.45, 7) is 0. The molecule has 0 saturated carbocycles. The van der Waals surface area contributed by atoms with E-state index in [-0.39, 0.29) is 5.91 Å². The first kappa shape index (κ1) is 25.7. The van der Waals surface area contributed by atoms with Gasteiger partial charge in [-0.1, -0.05) is 66.4 Å². The molecule has 1 unspecified atom stereocenters. The summed E-state index contributed by atoms with van der Waals surface area (Å²) in [5, 5.41) is 35.2. The second-order valence-corrected chi connectivity index (χ2v) is 8.18. The monoisotopic (exact) mass is 469 g/mol. The highest BCUT2D eigenvalue weighted by atomic mass is 16.4. The van der Waals surface area contributed by atoms with Crippen molar-refractivity contribution >= 4 is 13.0 Å². The van der Waals surface area contributed by atoms with Gasteiger partial charge in [0.25, 0.3) is 0 Å². The Bertz CT molecular complexity index is 1170. The average molecular weight is 469 g/mol. The van der Waals surface area contributed by atoms with E-state index in [2.05, 4.69) is 39.4 Å². The number of nitrogens with zero attached hydrogens (tertiary/aromatic N) is 4. The molecule has 1 aromatic heterocycles. The average Bonchev–Trinajstić information content (AvgIpc) is 3.39. The predicted molar refractivity (Wildman–Crippen MR) is 132 cm³/mol. The molecule has 0 bridgehead atoms. The molecule has 3 rings (SSSR count). The molecule has 0 aliphatic carbocycles. The van der Waals surface area contributed by atoms with Gasteiger partial charge in [-0.3, -0.25) is 4.79 Å². The Morgan fingerprint density at radius 2 is 1.83 bits per heavy atom. The van der Waals surface area contributed by atoms with Gasteiger partial charge in [0.15, 0.2) is 6.04 Å². The Labute approximate surface area is 205 Å². The van der Waals surface area contributed by atoms with Crippen LogP contribution in [0.15, 0.2) is 67.3 Å². The van der Waals surface area contributed by atoms with Crippen molar-refractivity contribution in [2.75, 3.05) is 0 Å². The smallest absolute Gasteiger partial charge is 0.426 e.